The van der Waals surface area contributed by atoms with E-state index in [4.69, 9.17) is 4.74 Å². The molecule has 1 aromatic carbocycles. The maximum Gasteiger partial charge on any atom is 0.408 e. The number of carbonyl (C=O) groups is 2. The van der Waals surface area contributed by atoms with Crippen LogP contribution >= 0.6 is 0 Å². The molecule has 1 atom stereocenters. The number of aldehydes is 1. The van der Waals surface area contributed by atoms with Crippen LogP contribution in [0.5, 0.6) is 0 Å². The summed E-state index contributed by atoms with van der Waals surface area (Å²) in [6.07, 6.45) is 0.670. The summed E-state index contributed by atoms with van der Waals surface area (Å²) in [6.45, 7) is 5.21. The van der Waals surface area contributed by atoms with Gasteiger partial charge in [0.05, 0.1) is 6.04 Å². The monoisotopic (exact) mass is 281 g/mol. The van der Waals surface area contributed by atoms with Gasteiger partial charge in [-0.25, -0.2) is 9.18 Å². The van der Waals surface area contributed by atoms with Gasteiger partial charge in [0.1, 0.15) is 17.7 Å². The van der Waals surface area contributed by atoms with Crippen molar-refractivity contribution in [2.45, 2.75) is 45.3 Å². The van der Waals surface area contributed by atoms with Gasteiger partial charge in [0.25, 0.3) is 0 Å². The van der Waals surface area contributed by atoms with E-state index in [1.807, 2.05) is 0 Å². The number of alkyl carbamates (subject to hydrolysis) is 1. The first-order valence-electron chi connectivity index (χ1n) is 6.50. The largest absolute Gasteiger partial charge is 0.444 e. The van der Waals surface area contributed by atoms with Crippen LogP contribution in [0.25, 0.3) is 0 Å². The Bertz CT molecular complexity index is 468. The van der Waals surface area contributed by atoms with Crippen LogP contribution in [0.3, 0.4) is 0 Å². The summed E-state index contributed by atoms with van der Waals surface area (Å²) < 4.78 is 18.5. The van der Waals surface area contributed by atoms with Gasteiger partial charge in [-0.05, 0) is 45.2 Å². The summed E-state index contributed by atoms with van der Waals surface area (Å²) in [5.41, 5.74) is -0.103. The van der Waals surface area contributed by atoms with Gasteiger partial charge in [0.2, 0.25) is 0 Å². The van der Waals surface area contributed by atoms with Crippen LogP contribution in [0.2, 0.25) is 0 Å². The highest BCUT2D eigenvalue weighted by molar-refractivity contribution is 5.73. The SMILES string of the molecule is CC(C)(C)OC(=O)NC(C=O)CCc1ccccc1F. The first kappa shape index (κ1) is 16.1. The van der Waals surface area contributed by atoms with Crippen molar-refractivity contribution in [3.05, 3.63) is 35.6 Å². The van der Waals surface area contributed by atoms with Gasteiger partial charge in [-0.2, -0.15) is 0 Å². The summed E-state index contributed by atoms with van der Waals surface area (Å²) in [5, 5.41) is 2.46. The summed E-state index contributed by atoms with van der Waals surface area (Å²) in [4.78, 5) is 22.5. The molecule has 1 unspecified atom stereocenters. The van der Waals surface area contributed by atoms with E-state index in [-0.39, 0.29) is 5.82 Å². The molecular weight excluding hydrogens is 261 g/mol. The Morgan fingerprint density at radius 3 is 2.60 bits per heavy atom. The smallest absolute Gasteiger partial charge is 0.408 e. The zero-order chi connectivity index (χ0) is 15.2. The molecule has 1 rings (SSSR count). The minimum Gasteiger partial charge on any atom is -0.444 e. The number of benzene rings is 1. The molecule has 1 aromatic rings. The molecule has 1 N–H and O–H groups in total. The van der Waals surface area contributed by atoms with Crippen molar-refractivity contribution in [3.8, 4) is 0 Å². The quantitative estimate of drug-likeness (QED) is 0.844. The van der Waals surface area contributed by atoms with E-state index in [2.05, 4.69) is 5.32 Å². The molecule has 0 aliphatic heterocycles. The molecular formula is C15H20FNO3. The predicted octanol–water partition coefficient (Wildman–Crippen LogP) is 2.85. The molecule has 0 fully saturated rings. The number of nitrogens with one attached hydrogen (secondary N) is 1. The Kier molecular flexibility index (Phi) is 5.67. The standard InChI is InChI=1S/C15H20FNO3/c1-15(2,3)20-14(19)17-12(10-18)9-8-11-6-4-5-7-13(11)16/h4-7,10,12H,8-9H2,1-3H3,(H,17,19). The predicted molar refractivity (Wildman–Crippen MR) is 73.9 cm³/mol. The molecule has 0 heterocycles. The van der Waals surface area contributed by atoms with Crippen molar-refractivity contribution in [2.75, 3.05) is 0 Å². The third-order valence-corrected chi connectivity index (χ3v) is 2.55. The van der Waals surface area contributed by atoms with Gasteiger partial charge < -0.3 is 14.8 Å². The number of carbonyl (C=O) groups excluding carboxylic acids is 2. The number of hydrogen-bond acceptors (Lipinski definition) is 3. The lowest BCUT2D eigenvalue weighted by Gasteiger charge is -2.21. The van der Waals surface area contributed by atoms with Crippen molar-refractivity contribution in [2.24, 2.45) is 0 Å². The Hall–Kier alpha value is -1.91. The maximum atomic E-state index is 13.4. The molecule has 0 bridgehead atoms. The van der Waals surface area contributed by atoms with Crippen molar-refractivity contribution in [1.82, 2.24) is 5.32 Å². The van der Waals surface area contributed by atoms with E-state index in [0.717, 1.165) is 0 Å². The lowest BCUT2D eigenvalue weighted by molar-refractivity contribution is -0.109. The highest BCUT2D eigenvalue weighted by atomic mass is 19.1. The molecule has 0 aromatic heterocycles. The van der Waals surface area contributed by atoms with E-state index < -0.39 is 17.7 Å². The molecule has 110 valence electrons. The molecule has 1 amide bonds. The van der Waals surface area contributed by atoms with Crippen LogP contribution < -0.4 is 5.32 Å². The van der Waals surface area contributed by atoms with Gasteiger partial charge in [-0.1, -0.05) is 18.2 Å². The van der Waals surface area contributed by atoms with E-state index in [9.17, 15) is 14.0 Å². The fraction of sp³-hybridized carbons (Fsp3) is 0.467. The zero-order valence-electron chi connectivity index (χ0n) is 12.0. The van der Waals surface area contributed by atoms with Crippen molar-refractivity contribution >= 4 is 12.4 Å². The fourth-order valence-electron chi connectivity index (χ4n) is 1.65. The molecule has 0 saturated heterocycles. The van der Waals surface area contributed by atoms with E-state index in [1.54, 1.807) is 39.0 Å². The molecule has 0 aliphatic carbocycles. The first-order valence-corrected chi connectivity index (χ1v) is 6.50. The molecule has 0 spiro atoms. The second kappa shape index (κ2) is 7.03. The van der Waals surface area contributed by atoms with Crippen molar-refractivity contribution in [3.63, 3.8) is 0 Å². The molecule has 20 heavy (non-hydrogen) atoms. The van der Waals surface area contributed by atoms with Crippen molar-refractivity contribution in [1.29, 1.82) is 0 Å². The van der Waals surface area contributed by atoms with Gasteiger partial charge in [0.15, 0.2) is 0 Å². The maximum absolute atomic E-state index is 13.4. The number of hydrogen-bond donors (Lipinski definition) is 1. The van der Waals surface area contributed by atoms with Crippen LogP contribution in [-0.2, 0) is 16.0 Å². The van der Waals surface area contributed by atoms with Crippen LogP contribution in [0, 0.1) is 5.82 Å². The second-order valence-corrected chi connectivity index (χ2v) is 5.52. The highest BCUT2D eigenvalue weighted by Gasteiger charge is 2.19. The Morgan fingerprint density at radius 1 is 1.40 bits per heavy atom. The van der Waals surface area contributed by atoms with Crippen LogP contribution in [-0.4, -0.2) is 24.0 Å². The topological polar surface area (TPSA) is 55.4 Å². The minimum atomic E-state index is -0.690. The average molecular weight is 281 g/mol. The van der Waals surface area contributed by atoms with Crippen LogP contribution in [0.15, 0.2) is 24.3 Å². The summed E-state index contributed by atoms with van der Waals surface area (Å²) in [6, 6.07) is 5.67. The zero-order valence-corrected chi connectivity index (χ0v) is 12.0. The number of ether oxygens (including phenoxy) is 1. The molecule has 5 heteroatoms. The summed E-state index contributed by atoms with van der Waals surface area (Å²) >= 11 is 0. The lowest BCUT2D eigenvalue weighted by Crippen LogP contribution is -2.40. The summed E-state index contributed by atoms with van der Waals surface area (Å²) in [7, 11) is 0. The van der Waals surface area contributed by atoms with Crippen LogP contribution in [0.4, 0.5) is 9.18 Å². The molecule has 4 nitrogen and oxygen atoms in total. The highest BCUT2D eigenvalue weighted by Crippen LogP contribution is 2.11. The van der Waals surface area contributed by atoms with E-state index >= 15 is 0 Å². The number of halogens is 1. The van der Waals surface area contributed by atoms with Crippen molar-refractivity contribution < 1.29 is 18.7 Å². The Morgan fingerprint density at radius 2 is 2.05 bits per heavy atom. The second-order valence-electron chi connectivity index (χ2n) is 5.52. The van der Waals surface area contributed by atoms with Gasteiger partial charge in [0, 0.05) is 0 Å². The van der Waals surface area contributed by atoms with Crippen LogP contribution in [0.1, 0.15) is 32.8 Å². The molecule has 0 saturated carbocycles. The third kappa shape index (κ3) is 5.82. The third-order valence-electron chi connectivity index (χ3n) is 2.55. The molecule has 0 aliphatic rings. The van der Waals surface area contributed by atoms with Gasteiger partial charge in [-0.15, -0.1) is 0 Å². The fourth-order valence-corrected chi connectivity index (χ4v) is 1.65. The Balaban J connectivity index is 2.50. The first-order chi connectivity index (χ1) is 9.31. The number of aryl methyl sites for hydroxylation is 1. The van der Waals surface area contributed by atoms with Gasteiger partial charge in [-0.3, -0.25) is 0 Å². The van der Waals surface area contributed by atoms with E-state index in [1.165, 1.54) is 6.07 Å². The van der Waals surface area contributed by atoms with Gasteiger partial charge >= 0.3 is 6.09 Å². The normalized spacial score (nSPS) is 12.6. The lowest BCUT2D eigenvalue weighted by atomic mass is 10.1. The Labute approximate surface area is 118 Å². The number of rotatable bonds is 5. The average Bonchev–Trinajstić information content (AvgIpc) is 2.34. The number of amides is 1. The summed E-state index contributed by atoms with van der Waals surface area (Å²) in [5.74, 6) is -0.311. The molecule has 0 radical (unpaired) electrons. The van der Waals surface area contributed by atoms with E-state index in [0.29, 0.717) is 24.7 Å². The minimum absolute atomic E-state index is 0.311.